The maximum Gasteiger partial charge on any atom is 0.311 e. The first-order chi connectivity index (χ1) is 14.8. The third-order valence-electron chi connectivity index (χ3n) is 4.88. The molecule has 1 saturated carbocycles. The van der Waals surface area contributed by atoms with E-state index in [9.17, 15) is 13.6 Å². The molecule has 0 spiro atoms. The van der Waals surface area contributed by atoms with E-state index >= 15 is 0 Å². The smallest absolute Gasteiger partial charge is 0.311 e. The van der Waals surface area contributed by atoms with E-state index < -0.39 is 17.6 Å². The van der Waals surface area contributed by atoms with Crippen molar-refractivity contribution in [3.63, 3.8) is 0 Å². The van der Waals surface area contributed by atoms with Gasteiger partial charge in [0.2, 0.25) is 0 Å². The van der Waals surface area contributed by atoms with Crippen LogP contribution in [0.15, 0.2) is 42.5 Å². The Labute approximate surface area is 177 Å². The van der Waals surface area contributed by atoms with Crippen LogP contribution in [0.1, 0.15) is 25.5 Å². The van der Waals surface area contributed by atoms with Gasteiger partial charge in [0.15, 0.2) is 5.82 Å². The van der Waals surface area contributed by atoms with Crippen molar-refractivity contribution in [3.8, 4) is 11.5 Å². The quantitative estimate of drug-likeness (QED) is 0.547. The summed E-state index contributed by atoms with van der Waals surface area (Å²) in [6.07, 6.45) is 2.04. The van der Waals surface area contributed by atoms with Crippen molar-refractivity contribution in [1.82, 2.24) is 15.0 Å². The molecule has 0 atom stereocenters. The number of nitrogens with zero attached hydrogens (tertiary/aromatic N) is 3. The minimum atomic E-state index is -0.696. The summed E-state index contributed by atoms with van der Waals surface area (Å²) < 4.78 is 31.9. The van der Waals surface area contributed by atoms with Crippen LogP contribution in [0.4, 0.5) is 26.1 Å². The van der Waals surface area contributed by atoms with Gasteiger partial charge in [-0.1, -0.05) is 6.07 Å². The van der Waals surface area contributed by atoms with Crippen molar-refractivity contribution in [2.75, 3.05) is 17.7 Å². The second-order valence-corrected chi connectivity index (χ2v) is 7.70. The molecule has 1 aromatic carbocycles. The van der Waals surface area contributed by atoms with Gasteiger partial charge in [-0.2, -0.15) is 0 Å². The number of hydrogen-bond acceptors (Lipinski definition) is 7. The number of ether oxygens (including phenoxy) is 1. The SMILES string of the molecule is COC(=O)Cc1cccc(-c2nc(Nc3cc(F)cc(F)c3)cc(NC3(C)CC3)n2)n1. The minimum absolute atomic E-state index is 0.0219. The summed E-state index contributed by atoms with van der Waals surface area (Å²) in [6, 6.07) is 10.0. The maximum absolute atomic E-state index is 13.6. The lowest BCUT2D eigenvalue weighted by Crippen LogP contribution is -2.17. The maximum atomic E-state index is 13.6. The summed E-state index contributed by atoms with van der Waals surface area (Å²) in [5.41, 5.74) is 1.15. The van der Waals surface area contributed by atoms with Crippen LogP contribution < -0.4 is 10.6 Å². The standard InChI is InChI=1S/C22H21F2N5O2/c1-22(6-7-22)29-19-12-18(26-16-9-13(23)8-14(24)10-16)27-21(28-19)17-5-3-4-15(25-17)11-20(30)31-2/h3-5,8-10,12H,6-7,11H2,1-2H3,(H2,26,27,28,29). The van der Waals surface area contributed by atoms with Crippen LogP contribution in [0.2, 0.25) is 0 Å². The molecule has 9 heteroatoms. The fourth-order valence-electron chi connectivity index (χ4n) is 3.01. The number of hydrogen-bond donors (Lipinski definition) is 2. The van der Waals surface area contributed by atoms with Crippen molar-refractivity contribution in [2.45, 2.75) is 31.7 Å². The molecule has 160 valence electrons. The Morgan fingerprint density at radius 3 is 2.45 bits per heavy atom. The lowest BCUT2D eigenvalue weighted by molar-refractivity contribution is -0.139. The summed E-state index contributed by atoms with van der Waals surface area (Å²) in [7, 11) is 1.32. The zero-order valence-electron chi connectivity index (χ0n) is 17.1. The van der Waals surface area contributed by atoms with Crippen LogP contribution in [0, 0.1) is 11.6 Å². The molecule has 0 amide bonds. The molecule has 7 nitrogen and oxygen atoms in total. The fourth-order valence-corrected chi connectivity index (χ4v) is 3.01. The van der Waals surface area contributed by atoms with E-state index in [-0.39, 0.29) is 17.6 Å². The first-order valence-corrected chi connectivity index (χ1v) is 9.75. The highest BCUT2D eigenvalue weighted by molar-refractivity contribution is 5.72. The number of carbonyl (C=O) groups excluding carboxylic acids is 1. The van der Waals surface area contributed by atoms with Gasteiger partial charge < -0.3 is 15.4 Å². The van der Waals surface area contributed by atoms with Crippen molar-refractivity contribution in [1.29, 1.82) is 0 Å². The van der Waals surface area contributed by atoms with Gasteiger partial charge in [0, 0.05) is 23.4 Å². The first kappa shape index (κ1) is 20.6. The molecule has 1 aliphatic rings. The van der Waals surface area contributed by atoms with Crippen molar-refractivity contribution in [2.24, 2.45) is 0 Å². The third kappa shape index (κ3) is 5.30. The topological polar surface area (TPSA) is 89.0 Å². The summed E-state index contributed by atoms with van der Waals surface area (Å²) in [5, 5.41) is 6.29. The molecule has 1 fully saturated rings. The highest BCUT2D eigenvalue weighted by atomic mass is 19.1. The summed E-state index contributed by atoms with van der Waals surface area (Å²) in [5.74, 6) is -0.583. The second kappa shape index (κ2) is 8.25. The van der Waals surface area contributed by atoms with Gasteiger partial charge in [-0.15, -0.1) is 0 Å². The summed E-state index contributed by atoms with van der Waals surface area (Å²) in [6.45, 7) is 2.08. The van der Waals surface area contributed by atoms with Gasteiger partial charge in [-0.05, 0) is 44.0 Å². The van der Waals surface area contributed by atoms with Gasteiger partial charge in [-0.3, -0.25) is 4.79 Å². The van der Waals surface area contributed by atoms with Gasteiger partial charge in [-0.25, -0.2) is 23.7 Å². The molecule has 2 aromatic heterocycles. The zero-order valence-corrected chi connectivity index (χ0v) is 17.1. The number of esters is 1. The Morgan fingerprint density at radius 1 is 1.06 bits per heavy atom. The van der Waals surface area contributed by atoms with Crippen LogP contribution >= 0.6 is 0 Å². The molecular weight excluding hydrogens is 404 g/mol. The van der Waals surface area contributed by atoms with Crippen LogP contribution in [0.3, 0.4) is 0 Å². The van der Waals surface area contributed by atoms with Crippen LogP contribution in [-0.2, 0) is 16.0 Å². The lowest BCUT2D eigenvalue weighted by Gasteiger charge is -2.15. The molecule has 2 heterocycles. The predicted molar refractivity (Wildman–Crippen MR) is 112 cm³/mol. The van der Waals surface area contributed by atoms with Crippen molar-refractivity contribution < 1.29 is 18.3 Å². The van der Waals surface area contributed by atoms with Gasteiger partial charge in [0.25, 0.3) is 0 Å². The Balaban J connectivity index is 1.69. The monoisotopic (exact) mass is 425 g/mol. The predicted octanol–water partition coefficient (Wildman–Crippen LogP) is 4.24. The van der Waals surface area contributed by atoms with E-state index in [4.69, 9.17) is 4.74 Å². The van der Waals surface area contributed by atoms with E-state index in [1.807, 2.05) is 0 Å². The number of anilines is 3. The van der Waals surface area contributed by atoms with E-state index in [0.717, 1.165) is 18.9 Å². The molecule has 3 aromatic rings. The number of carbonyl (C=O) groups is 1. The number of nitrogens with one attached hydrogen (secondary N) is 2. The molecule has 2 N–H and O–H groups in total. The Morgan fingerprint density at radius 2 is 1.77 bits per heavy atom. The Bertz CT molecular complexity index is 1110. The number of pyridine rings is 1. The molecule has 1 aliphatic carbocycles. The number of rotatable bonds is 7. The highest BCUT2D eigenvalue weighted by Gasteiger charge is 2.37. The van der Waals surface area contributed by atoms with Crippen LogP contribution in [0.5, 0.6) is 0 Å². The van der Waals surface area contributed by atoms with Crippen LogP contribution in [0.25, 0.3) is 11.5 Å². The second-order valence-electron chi connectivity index (χ2n) is 7.70. The lowest BCUT2D eigenvalue weighted by atomic mass is 10.2. The molecule has 0 aliphatic heterocycles. The molecule has 0 bridgehead atoms. The molecule has 31 heavy (non-hydrogen) atoms. The molecule has 0 unspecified atom stereocenters. The largest absolute Gasteiger partial charge is 0.469 e. The average Bonchev–Trinajstić information content (AvgIpc) is 3.43. The van der Waals surface area contributed by atoms with Crippen LogP contribution in [-0.4, -0.2) is 33.6 Å². The van der Waals surface area contributed by atoms with E-state index in [1.165, 1.54) is 19.2 Å². The normalized spacial score (nSPS) is 14.1. The average molecular weight is 425 g/mol. The van der Waals surface area contributed by atoms with E-state index in [2.05, 4.69) is 32.5 Å². The minimum Gasteiger partial charge on any atom is -0.469 e. The van der Waals surface area contributed by atoms with Gasteiger partial charge in [0.1, 0.15) is 29.0 Å². The van der Waals surface area contributed by atoms with Crippen molar-refractivity contribution >= 4 is 23.3 Å². The zero-order chi connectivity index (χ0) is 22.0. The highest BCUT2D eigenvalue weighted by Crippen LogP contribution is 2.38. The van der Waals surface area contributed by atoms with Gasteiger partial charge in [0.05, 0.1) is 19.2 Å². The molecular formula is C22H21F2N5O2. The first-order valence-electron chi connectivity index (χ1n) is 9.75. The number of aromatic nitrogens is 3. The van der Waals surface area contributed by atoms with Crippen molar-refractivity contribution in [3.05, 3.63) is 59.8 Å². The Kier molecular flexibility index (Phi) is 5.50. The fraction of sp³-hybridized carbons (Fsp3) is 0.273. The third-order valence-corrected chi connectivity index (χ3v) is 4.88. The molecule has 4 rings (SSSR count). The van der Waals surface area contributed by atoms with Gasteiger partial charge >= 0.3 is 5.97 Å². The molecule has 0 saturated heterocycles. The summed E-state index contributed by atoms with van der Waals surface area (Å²) in [4.78, 5) is 25.1. The number of methoxy groups -OCH3 is 1. The molecule has 0 radical (unpaired) electrons. The summed E-state index contributed by atoms with van der Waals surface area (Å²) >= 11 is 0. The Hall–Kier alpha value is -3.62. The van der Waals surface area contributed by atoms with E-state index in [0.29, 0.717) is 28.8 Å². The number of halogens is 2. The number of benzene rings is 1. The van der Waals surface area contributed by atoms with E-state index in [1.54, 1.807) is 24.3 Å².